The van der Waals surface area contributed by atoms with Gasteiger partial charge in [0.15, 0.2) is 11.5 Å². The molecule has 0 unspecified atom stereocenters. The summed E-state index contributed by atoms with van der Waals surface area (Å²) in [4.78, 5) is 25.4. The van der Waals surface area contributed by atoms with Crippen molar-refractivity contribution in [3.05, 3.63) is 53.4 Å². The van der Waals surface area contributed by atoms with Crippen molar-refractivity contribution in [1.82, 2.24) is 30.0 Å². The Labute approximate surface area is 182 Å². The second-order valence-electron chi connectivity index (χ2n) is 6.62. The van der Waals surface area contributed by atoms with Crippen molar-refractivity contribution in [3.63, 3.8) is 0 Å². The summed E-state index contributed by atoms with van der Waals surface area (Å²) in [7, 11) is 1.78. The van der Waals surface area contributed by atoms with E-state index in [0.717, 1.165) is 5.39 Å². The standard InChI is InChI=1S/C21H17ClN8O/c1-3-24-21(31)28-20-16(11-23)26-18(19(27-20)15-6-8-30(2)29-15)13-9-12-5-4-7-25-17(12)14(22)10-13/h4-10H,3H2,1-2H3,(H2,24,27,28,31). The van der Waals surface area contributed by atoms with Gasteiger partial charge in [-0.15, -0.1) is 0 Å². The number of carbonyl (C=O) groups is 1. The molecule has 31 heavy (non-hydrogen) atoms. The maximum Gasteiger partial charge on any atom is 0.320 e. The lowest BCUT2D eigenvalue weighted by Crippen LogP contribution is -2.29. The molecular formula is C21H17ClN8O. The number of carbonyl (C=O) groups excluding carboxylic acids is 1. The van der Waals surface area contributed by atoms with E-state index in [1.54, 1.807) is 43.2 Å². The van der Waals surface area contributed by atoms with Crippen LogP contribution in [0.2, 0.25) is 5.02 Å². The predicted molar refractivity (Wildman–Crippen MR) is 117 cm³/mol. The summed E-state index contributed by atoms with van der Waals surface area (Å²) in [6, 6.07) is 10.6. The molecule has 4 rings (SSSR count). The molecule has 2 N–H and O–H groups in total. The lowest BCUT2D eigenvalue weighted by Gasteiger charge is -2.13. The van der Waals surface area contributed by atoms with Crippen LogP contribution in [0.3, 0.4) is 0 Å². The van der Waals surface area contributed by atoms with Gasteiger partial charge < -0.3 is 5.32 Å². The van der Waals surface area contributed by atoms with Crippen LogP contribution in [0, 0.1) is 11.3 Å². The zero-order chi connectivity index (χ0) is 22.0. The Morgan fingerprint density at radius 1 is 1.26 bits per heavy atom. The highest BCUT2D eigenvalue weighted by Crippen LogP contribution is 2.34. The van der Waals surface area contributed by atoms with Gasteiger partial charge in [0.05, 0.1) is 10.5 Å². The second kappa shape index (κ2) is 8.38. The Hall–Kier alpha value is -4.03. The van der Waals surface area contributed by atoms with Gasteiger partial charge in [0, 0.05) is 36.9 Å². The van der Waals surface area contributed by atoms with Gasteiger partial charge in [-0.3, -0.25) is 15.0 Å². The summed E-state index contributed by atoms with van der Waals surface area (Å²) >= 11 is 6.46. The van der Waals surface area contributed by atoms with Crippen LogP contribution in [0.25, 0.3) is 33.5 Å². The van der Waals surface area contributed by atoms with Gasteiger partial charge in [-0.1, -0.05) is 17.7 Å². The highest BCUT2D eigenvalue weighted by atomic mass is 35.5. The Morgan fingerprint density at radius 2 is 2.10 bits per heavy atom. The normalized spacial score (nSPS) is 10.6. The van der Waals surface area contributed by atoms with Gasteiger partial charge in [-0.2, -0.15) is 10.4 Å². The van der Waals surface area contributed by atoms with E-state index in [1.165, 1.54) is 0 Å². The molecule has 0 aliphatic carbocycles. The third kappa shape index (κ3) is 4.01. The third-order valence-electron chi connectivity index (χ3n) is 4.46. The number of urea groups is 1. The minimum atomic E-state index is -0.479. The molecule has 154 valence electrons. The number of nitrogens with one attached hydrogen (secondary N) is 2. The zero-order valence-corrected chi connectivity index (χ0v) is 17.5. The summed E-state index contributed by atoms with van der Waals surface area (Å²) in [5, 5.41) is 20.5. The molecule has 0 spiro atoms. The van der Waals surface area contributed by atoms with Crippen molar-refractivity contribution >= 4 is 34.4 Å². The first-order valence-corrected chi connectivity index (χ1v) is 9.79. The number of nitriles is 1. The molecule has 0 saturated carbocycles. The maximum atomic E-state index is 12.0. The molecule has 0 radical (unpaired) electrons. The average molecular weight is 433 g/mol. The van der Waals surface area contributed by atoms with Crippen molar-refractivity contribution in [2.24, 2.45) is 7.05 Å². The summed E-state index contributed by atoms with van der Waals surface area (Å²) < 4.78 is 1.63. The minimum Gasteiger partial charge on any atom is -0.338 e. The Balaban J connectivity index is 1.95. The van der Waals surface area contributed by atoms with Crippen LogP contribution in [0.1, 0.15) is 12.6 Å². The number of amides is 2. The molecule has 0 bridgehead atoms. The highest BCUT2D eigenvalue weighted by Gasteiger charge is 2.20. The van der Waals surface area contributed by atoms with E-state index in [2.05, 4.69) is 30.7 Å². The van der Waals surface area contributed by atoms with E-state index in [-0.39, 0.29) is 11.5 Å². The maximum absolute atomic E-state index is 12.0. The fraction of sp³-hybridized carbons (Fsp3) is 0.143. The molecule has 4 aromatic rings. The number of hydrogen-bond acceptors (Lipinski definition) is 6. The smallest absolute Gasteiger partial charge is 0.320 e. The molecule has 1 aromatic carbocycles. The summed E-state index contributed by atoms with van der Waals surface area (Å²) in [5.74, 6) is 0.0476. The summed E-state index contributed by atoms with van der Waals surface area (Å²) in [6.45, 7) is 2.22. The molecule has 10 heteroatoms. The predicted octanol–water partition coefficient (Wildman–Crippen LogP) is 3.76. The molecular weight excluding hydrogens is 416 g/mol. The number of benzene rings is 1. The first-order chi connectivity index (χ1) is 15.0. The highest BCUT2D eigenvalue weighted by molar-refractivity contribution is 6.35. The summed E-state index contributed by atoms with van der Waals surface area (Å²) in [5.41, 5.74) is 2.66. The molecule has 2 amide bonds. The van der Waals surface area contributed by atoms with Crippen LogP contribution >= 0.6 is 11.6 Å². The average Bonchev–Trinajstić information content (AvgIpc) is 3.19. The van der Waals surface area contributed by atoms with Crippen molar-refractivity contribution in [2.75, 3.05) is 11.9 Å². The van der Waals surface area contributed by atoms with E-state index in [1.807, 2.05) is 24.3 Å². The molecule has 9 nitrogen and oxygen atoms in total. The largest absolute Gasteiger partial charge is 0.338 e. The molecule has 0 fully saturated rings. The second-order valence-corrected chi connectivity index (χ2v) is 7.03. The van der Waals surface area contributed by atoms with E-state index >= 15 is 0 Å². The van der Waals surface area contributed by atoms with Crippen molar-refractivity contribution < 1.29 is 4.79 Å². The van der Waals surface area contributed by atoms with Crippen molar-refractivity contribution in [1.29, 1.82) is 5.26 Å². The molecule has 0 atom stereocenters. The van der Waals surface area contributed by atoms with Gasteiger partial charge in [0.1, 0.15) is 23.2 Å². The van der Waals surface area contributed by atoms with Crippen molar-refractivity contribution in [3.8, 4) is 28.7 Å². The Morgan fingerprint density at radius 3 is 2.81 bits per heavy atom. The number of nitrogens with zero attached hydrogens (tertiary/aromatic N) is 6. The third-order valence-corrected chi connectivity index (χ3v) is 4.75. The van der Waals surface area contributed by atoms with Crippen LogP contribution in [0.5, 0.6) is 0 Å². The topological polar surface area (TPSA) is 121 Å². The Bertz CT molecular complexity index is 1340. The fourth-order valence-electron chi connectivity index (χ4n) is 3.12. The van der Waals surface area contributed by atoms with Crippen LogP contribution in [0.4, 0.5) is 10.6 Å². The van der Waals surface area contributed by atoms with Gasteiger partial charge in [-0.05, 0) is 31.2 Å². The number of fused-ring (bicyclic) bond motifs is 1. The van der Waals surface area contributed by atoms with Gasteiger partial charge >= 0.3 is 6.03 Å². The first kappa shape index (κ1) is 20.3. The SMILES string of the molecule is CCNC(=O)Nc1nc(-c2ccn(C)n2)c(-c2cc(Cl)c3ncccc3c2)nc1C#N. The minimum absolute atomic E-state index is 0.0247. The lowest BCUT2D eigenvalue weighted by atomic mass is 10.0. The molecule has 3 heterocycles. The first-order valence-electron chi connectivity index (χ1n) is 9.41. The van der Waals surface area contributed by atoms with Crippen LogP contribution in [0.15, 0.2) is 42.7 Å². The van der Waals surface area contributed by atoms with E-state index in [4.69, 9.17) is 11.6 Å². The zero-order valence-electron chi connectivity index (χ0n) is 16.7. The van der Waals surface area contributed by atoms with Gasteiger partial charge in [-0.25, -0.2) is 14.8 Å². The van der Waals surface area contributed by atoms with Crippen LogP contribution in [-0.2, 0) is 7.05 Å². The number of aromatic nitrogens is 5. The number of aryl methyl sites for hydroxylation is 1. The van der Waals surface area contributed by atoms with Gasteiger partial charge in [0.25, 0.3) is 0 Å². The van der Waals surface area contributed by atoms with E-state index in [9.17, 15) is 10.1 Å². The van der Waals surface area contributed by atoms with Crippen molar-refractivity contribution in [2.45, 2.75) is 6.92 Å². The van der Waals surface area contributed by atoms with E-state index < -0.39 is 6.03 Å². The van der Waals surface area contributed by atoms with Crippen LogP contribution < -0.4 is 10.6 Å². The van der Waals surface area contributed by atoms with Gasteiger partial charge in [0.2, 0.25) is 0 Å². The fourth-order valence-corrected chi connectivity index (χ4v) is 3.39. The van der Waals surface area contributed by atoms with E-state index in [0.29, 0.717) is 39.7 Å². The monoisotopic (exact) mass is 432 g/mol. The van der Waals surface area contributed by atoms with Crippen LogP contribution in [-0.4, -0.2) is 37.3 Å². The number of pyridine rings is 1. The molecule has 3 aromatic heterocycles. The summed E-state index contributed by atoms with van der Waals surface area (Å²) in [6.07, 6.45) is 3.44. The number of anilines is 1. The number of hydrogen-bond donors (Lipinski definition) is 2. The number of rotatable bonds is 4. The quantitative estimate of drug-likeness (QED) is 0.506. The lowest BCUT2D eigenvalue weighted by molar-refractivity contribution is 0.252. The molecule has 0 saturated heterocycles. The number of halogens is 1. The Kier molecular flexibility index (Phi) is 5.47. The molecule has 0 aliphatic heterocycles. The molecule has 0 aliphatic rings.